The molecule has 1 aliphatic heterocycles. The number of hydrogen-bond donors (Lipinski definition) is 0. The van der Waals surface area contributed by atoms with Crippen LogP contribution in [0.1, 0.15) is 16.7 Å². The third-order valence-electron chi connectivity index (χ3n) is 4.44. The Hall–Kier alpha value is -2.01. The molecule has 0 N–H and O–H groups in total. The zero-order valence-corrected chi connectivity index (χ0v) is 15.1. The number of carbonyl (C=O) groups excluding carboxylic acids is 1. The molecule has 0 bridgehead atoms. The maximum absolute atomic E-state index is 14.6. The molecule has 1 amide bonds. The number of rotatable bonds is 3. The molecule has 0 radical (unpaired) electrons. The van der Waals surface area contributed by atoms with Crippen molar-refractivity contribution in [3.05, 3.63) is 65.2 Å². The second-order valence-corrected chi connectivity index (χ2v) is 12.4. The lowest BCUT2D eigenvalue weighted by Gasteiger charge is -2.34. The quantitative estimate of drug-likeness (QED) is 0.774. The van der Waals surface area contributed by atoms with Crippen LogP contribution in [0.15, 0.2) is 48.5 Å². The lowest BCUT2D eigenvalue weighted by Crippen LogP contribution is -2.47. The highest BCUT2D eigenvalue weighted by molar-refractivity contribution is 6.88. The average molecular weight is 345 g/mol. The summed E-state index contributed by atoms with van der Waals surface area (Å²) in [6.45, 7) is 6.98. The van der Waals surface area contributed by atoms with Crippen LogP contribution in [-0.4, -0.2) is 18.9 Å². The Morgan fingerprint density at radius 1 is 1.08 bits per heavy atom. The number of alkyl halides is 2. The van der Waals surface area contributed by atoms with Gasteiger partial charge in [0.05, 0.1) is 8.07 Å². The van der Waals surface area contributed by atoms with Crippen molar-refractivity contribution < 1.29 is 13.6 Å². The van der Waals surface area contributed by atoms with Gasteiger partial charge in [0.25, 0.3) is 5.91 Å². The summed E-state index contributed by atoms with van der Waals surface area (Å²) in [5, 5.41) is 1.13. The van der Waals surface area contributed by atoms with Crippen molar-refractivity contribution >= 4 is 19.2 Å². The highest BCUT2D eigenvalue weighted by Crippen LogP contribution is 2.38. The first-order chi connectivity index (χ1) is 11.2. The minimum atomic E-state index is -3.46. The Bertz CT molecular complexity index is 769. The fourth-order valence-corrected chi connectivity index (χ4v) is 4.21. The summed E-state index contributed by atoms with van der Waals surface area (Å²) in [6, 6.07) is 14.3. The maximum atomic E-state index is 14.6. The number of halogens is 2. The predicted molar refractivity (Wildman–Crippen MR) is 94.0 cm³/mol. The van der Waals surface area contributed by atoms with Crippen LogP contribution >= 0.6 is 0 Å². The van der Waals surface area contributed by atoms with Crippen LogP contribution in [0.5, 0.6) is 0 Å². The number of amides is 1. The van der Waals surface area contributed by atoms with Crippen LogP contribution in [0.4, 0.5) is 8.78 Å². The molecule has 0 fully saturated rings. The average Bonchev–Trinajstić information content (AvgIpc) is 2.52. The molecule has 0 saturated heterocycles. The van der Waals surface area contributed by atoms with Gasteiger partial charge in [0.2, 0.25) is 0 Å². The van der Waals surface area contributed by atoms with Crippen LogP contribution < -0.4 is 5.19 Å². The minimum Gasteiger partial charge on any atom is -0.328 e. The molecule has 0 atom stereocenters. The van der Waals surface area contributed by atoms with Crippen molar-refractivity contribution in [2.24, 2.45) is 0 Å². The molecule has 2 aromatic carbocycles. The molecule has 2 aromatic rings. The Morgan fingerprint density at radius 2 is 1.75 bits per heavy atom. The predicted octanol–water partition coefficient (Wildman–Crippen LogP) is 3.87. The van der Waals surface area contributed by atoms with E-state index in [9.17, 15) is 13.6 Å². The van der Waals surface area contributed by atoms with Gasteiger partial charge in [-0.1, -0.05) is 73.4 Å². The first-order valence-corrected chi connectivity index (χ1v) is 11.5. The second kappa shape index (κ2) is 5.81. The van der Waals surface area contributed by atoms with Gasteiger partial charge in [-0.15, -0.1) is 0 Å². The lowest BCUT2D eigenvalue weighted by molar-refractivity contribution is -0.163. The third-order valence-corrected chi connectivity index (χ3v) is 6.49. The van der Waals surface area contributed by atoms with Crippen LogP contribution in [0.3, 0.4) is 0 Å². The van der Waals surface area contributed by atoms with E-state index < -0.39 is 19.9 Å². The summed E-state index contributed by atoms with van der Waals surface area (Å²) in [6.07, 6.45) is 0. The van der Waals surface area contributed by atoms with Crippen molar-refractivity contribution in [1.29, 1.82) is 0 Å². The molecule has 5 heteroatoms. The molecule has 0 unspecified atom stereocenters. The molecule has 0 aromatic heterocycles. The zero-order chi connectivity index (χ0) is 17.5. The van der Waals surface area contributed by atoms with Gasteiger partial charge in [-0.05, 0) is 11.1 Å². The molecule has 0 spiro atoms. The van der Waals surface area contributed by atoms with Crippen LogP contribution in [0, 0.1) is 0 Å². The highest BCUT2D eigenvalue weighted by Gasteiger charge is 2.49. The van der Waals surface area contributed by atoms with E-state index in [-0.39, 0.29) is 18.7 Å². The normalized spacial score (nSPS) is 16.9. The number of fused-ring (bicyclic) bond motifs is 1. The Kier molecular flexibility index (Phi) is 4.07. The summed E-state index contributed by atoms with van der Waals surface area (Å²) in [7, 11) is -1.60. The van der Waals surface area contributed by atoms with E-state index in [1.165, 1.54) is 11.0 Å². The molecule has 0 aliphatic carbocycles. The SMILES string of the molecule is C[Si](C)(C)c1ccc2c(c1)CN(Cc1ccccc1)C(=O)C2(F)F. The largest absolute Gasteiger partial charge is 0.350 e. The molecule has 1 heterocycles. The molecule has 24 heavy (non-hydrogen) atoms. The number of hydrogen-bond acceptors (Lipinski definition) is 1. The standard InChI is InChI=1S/C19H21F2NOSi/c1-24(2,3)16-9-10-17-15(11-16)13-22(18(23)19(17,20)21)12-14-7-5-4-6-8-14/h4-11H,12-13H2,1-3H3. The van der Waals surface area contributed by atoms with E-state index in [4.69, 9.17) is 0 Å². The first-order valence-electron chi connectivity index (χ1n) is 8.04. The van der Waals surface area contributed by atoms with E-state index in [1.807, 2.05) is 36.4 Å². The summed E-state index contributed by atoms with van der Waals surface area (Å²) in [5.74, 6) is -4.57. The summed E-state index contributed by atoms with van der Waals surface area (Å²) < 4.78 is 29.2. The number of nitrogens with zero attached hydrogens (tertiary/aromatic N) is 1. The van der Waals surface area contributed by atoms with Crippen molar-refractivity contribution in [3.8, 4) is 0 Å². The highest BCUT2D eigenvalue weighted by atomic mass is 28.3. The third kappa shape index (κ3) is 3.00. The van der Waals surface area contributed by atoms with Gasteiger partial charge in [-0.2, -0.15) is 8.78 Å². The minimum absolute atomic E-state index is 0.140. The Balaban J connectivity index is 1.99. The van der Waals surface area contributed by atoms with Gasteiger partial charge in [0.15, 0.2) is 0 Å². The summed E-state index contributed by atoms with van der Waals surface area (Å²) in [4.78, 5) is 13.5. The number of benzene rings is 2. The topological polar surface area (TPSA) is 20.3 Å². The second-order valence-electron chi connectivity index (χ2n) is 7.34. The van der Waals surface area contributed by atoms with E-state index in [2.05, 4.69) is 19.6 Å². The molecular formula is C19H21F2NOSi. The summed E-state index contributed by atoms with van der Waals surface area (Å²) >= 11 is 0. The molecular weight excluding hydrogens is 324 g/mol. The zero-order valence-electron chi connectivity index (χ0n) is 14.1. The monoisotopic (exact) mass is 345 g/mol. The Labute approximate surface area is 142 Å². The first kappa shape index (κ1) is 16.8. The van der Waals surface area contributed by atoms with Crippen LogP contribution in [0.2, 0.25) is 19.6 Å². The van der Waals surface area contributed by atoms with E-state index in [1.54, 1.807) is 6.07 Å². The van der Waals surface area contributed by atoms with Crippen molar-refractivity contribution in [2.75, 3.05) is 0 Å². The molecule has 1 aliphatic rings. The van der Waals surface area contributed by atoms with Crippen molar-refractivity contribution in [2.45, 2.75) is 38.7 Å². The summed E-state index contributed by atoms with van der Waals surface area (Å²) in [5.41, 5.74) is 1.28. The van der Waals surface area contributed by atoms with Crippen LogP contribution in [-0.2, 0) is 23.8 Å². The lowest BCUT2D eigenvalue weighted by atomic mass is 9.95. The fraction of sp³-hybridized carbons (Fsp3) is 0.316. The molecule has 126 valence electrons. The Morgan fingerprint density at radius 3 is 2.38 bits per heavy atom. The van der Waals surface area contributed by atoms with Gasteiger partial charge in [0.1, 0.15) is 0 Å². The molecule has 0 saturated carbocycles. The van der Waals surface area contributed by atoms with Crippen molar-refractivity contribution in [3.63, 3.8) is 0 Å². The molecule has 2 nitrogen and oxygen atoms in total. The van der Waals surface area contributed by atoms with E-state index in [0.29, 0.717) is 5.56 Å². The van der Waals surface area contributed by atoms with Crippen molar-refractivity contribution in [1.82, 2.24) is 4.90 Å². The van der Waals surface area contributed by atoms with Gasteiger partial charge in [-0.25, -0.2) is 0 Å². The van der Waals surface area contributed by atoms with Gasteiger partial charge < -0.3 is 4.90 Å². The van der Waals surface area contributed by atoms with Gasteiger partial charge >= 0.3 is 5.92 Å². The van der Waals surface area contributed by atoms with Crippen LogP contribution in [0.25, 0.3) is 0 Å². The maximum Gasteiger partial charge on any atom is 0.350 e. The van der Waals surface area contributed by atoms with E-state index >= 15 is 0 Å². The molecule has 3 rings (SSSR count). The fourth-order valence-electron chi connectivity index (χ4n) is 3.02. The van der Waals surface area contributed by atoms with Gasteiger partial charge in [0, 0.05) is 18.7 Å². The number of carbonyl (C=O) groups is 1. The van der Waals surface area contributed by atoms with E-state index in [0.717, 1.165) is 10.8 Å². The smallest absolute Gasteiger partial charge is 0.328 e. The van der Waals surface area contributed by atoms with Gasteiger partial charge in [-0.3, -0.25) is 4.79 Å².